The summed E-state index contributed by atoms with van der Waals surface area (Å²) >= 11 is 0. The Labute approximate surface area is 106 Å². The lowest BCUT2D eigenvalue weighted by molar-refractivity contribution is 0.871. The average Bonchev–Trinajstić information content (AvgIpc) is 2.39. The molecule has 5 heteroatoms. The molecule has 2 aromatic rings. The molecule has 18 heavy (non-hydrogen) atoms. The molecule has 5 nitrogen and oxygen atoms in total. The first kappa shape index (κ1) is 12.3. The van der Waals surface area contributed by atoms with Crippen LogP contribution in [0.15, 0.2) is 36.7 Å². The summed E-state index contributed by atoms with van der Waals surface area (Å²) in [4.78, 5) is 8.31. The Morgan fingerprint density at radius 2 is 1.78 bits per heavy atom. The monoisotopic (exact) mass is 243 g/mol. The molecule has 1 heterocycles. The summed E-state index contributed by atoms with van der Waals surface area (Å²) in [6, 6.07) is 8.55. The summed E-state index contributed by atoms with van der Waals surface area (Å²) in [6.45, 7) is 4.15. The van der Waals surface area contributed by atoms with E-state index in [0.717, 1.165) is 0 Å². The van der Waals surface area contributed by atoms with E-state index in [4.69, 9.17) is 5.84 Å². The van der Waals surface area contributed by atoms with Gasteiger partial charge in [0, 0.05) is 6.04 Å². The highest BCUT2D eigenvalue weighted by atomic mass is 15.3. The zero-order chi connectivity index (χ0) is 13.0. The molecule has 0 aliphatic rings. The van der Waals surface area contributed by atoms with Crippen molar-refractivity contribution in [1.82, 2.24) is 9.97 Å². The minimum atomic E-state index is 0.160. The van der Waals surface area contributed by atoms with Gasteiger partial charge < -0.3 is 10.7 Å². The number of nitrogen functional groups attached to an aromatic ring is 1. The quantitative estimate of drug-likeness (QED) is 0.567. The molecule has 1 atom stereocenters. The van der Waals surface area contributed by atoms with Gasteiger partial charge in [0.2, 0.25) is 0 Å². The van der Waals surface area contributed by atoms with Crippen LogP contribution < -0.4 is 16.6 Å². The van der Waals surface area contributed by atoms with Crippen LogP contribution in [0.1, 0.15) is 24.1 Å². The lowest BCUT2D eigenvalue weighted by Crippen LogP contribution is -2.12. The van der Waals surface area contributed by atoms with Crippen LogP contribution in [0, 0.1) is 6.92 Å². The zero-order valence-corrected chi connectivity index (χ0v) is 10.5. The largest absolute Gasteiger partial charge is 0.362 e. The molecule has 0 aliphatic carbocycles. The fourth-order valence-corrected chi connectivity index (χ4v) is 1.67. The summed E-state index contributed by atoms with van der Waals surface area (Å²) in [5.74, 6) is 6.53. The summed E-state index contributed by atoms with van der Waals surface area (Å²) in [5.41, 5.74) is 4.93. The maximum Gasteiger partial charge on any atom is 0.160 e. The smallest absolute Gasteiger partial charge is 0.160 e. The van der Waals surface area contributed by atoms with Gasteiger partial charge in [-0.2, -0.15) is 0 Å². The second kappa shape index (κ2) is 5.46. The van der Waals surface area contributed by atoms with Crippen molar-refractivity contribution in [3.8, 4) is 0 Å². The molecule has 1 aromatic carbocycles. The van der Waals surface area contributed by atoms with Gasteiger partial charge in [0.15, 0.2) is 5.82 Å². The number of aromatic nitrogens is 2. The van der Waals surface area contributed by atoms with Crippen molar-refractivity contribution in [3.05, 3.63) is 47.8 Å². The van der Waals surface area contributed by atoms with Gasteiger partial charge in [-0.1, -0.05) is 29.8 Å². The molecule has 1 aromatic heterocycles. The third-order valence-electron chi connectivity index (χ3n) is 2.72. The number of hydrazine groups is 1. The van der Waals surface area contributed by atoms with E-state index in [-0.39, 0.29) is 6.04 Å². The lowest BCUT2D eigenvalue weighted by atomic mass is 10.1. The van der Waals surface area contributed by atoms with Gasteiger partial charge in [-0.15, -0.1) is 0 Å². The first-order valence-corrected chi connectivity index (χ1v) is 5.81. The van der Waals surface area contributed by atoms with Crippen LogP contribution in [0.3, 0.4) is 0 Å². The number of hydrogen-bond donors (Lipinski definition) is 3. The van der Waals surface area contributed by atoms with E-state index in [9.17, 15) is 0 Å². The predicted molar refractivity (Wildman–Crippen MR) is 73.1 cm³/mol. The fraction of sp³-hybridized carbons (Fsp3) is 0.231. The number of hydrogen-bond acceptors (Lipinski definition) is 5. The van der Waals surface area contributed by atoms with Crippen molar-refractivity contribution in [3.63, 3.8) is 0 Å². The molecular formula is C13H17N5. The van der Waals surface area contributed by atoms with E-state index < -0.39 is 0 Å². The van der Waals surface area contributed by atoms with Crippen molar-refractivity contribution in [2.75, 3.05) is 10.7 Å². The van der Waals surface area contributed by atoms with Gasteiger partial charge in [-0.05, 0) is 19.4 Å². The predicted octanol–water partition coefficient (Wildman–Crippen LogP) is 2.24. The van der Waals surface area contributed by atoms with Gasteiger partial charge in [0.25, 0.3) is 0 Å². The summed E-state index contributed by atoms with van der Waals surface area (Å²) < 4.78 is 0. The Bertz CT molecular complexity index is 509. The summed E-state index contributed by atoms with van der Waals surface area (Å²) in [6.07, 6.45) is 3.24. The molecule has 0 saturated carbocycles. The lowest BCUT2D eigenvalue weighted by Gasteiger charge is -2.15. The summed E-state index contributed by atoms with van der Waals surface area (Å²) in [7, 11) is 0. The number of benzene rings is 1. The molecule has 2 rings (SSSR count). The number of nitrogens with two attached hydrogens (primary N) is 1. The highest BCUT2D eigenvalue weighted by Gasteiger charge is 2.06. The molecule has 0 spiro atoms. The van der Waals surface area contributed by atoms with E-state index in [2.05, 4.69) is 58.8 Å². The number of rotatable bonds is 4. The van der Waals surface area contributed by atoms with E-state index in [0.29, 0.717) is 11.6 Å². The maximum atomic E-state index is 5.30. The van der Waals surface area contributed by atoms with Gasteiger partial charge in [-0.25, -0.2) is 10.8 Å². The Kier molecular flexibility index (Phi) is 3.74. The average molecular weight is 243 g/mol. The number of nitrogens with one attached hydrogen (secondary N) is 2. The Balaban J connectivity index is 2.10. The topological polar surface area (TPSA) is 75.9 Å². The van der Waals surface area contributed by atoms with Crippen molar-refractivity contribution < 1.29 is 0 Å². The zero-order valence-electron chi connectivity index (χ0n) is 10.5. The standard InChI is InChI=1S/C13H17N5/c1-9-3-5-11(6-4-9)10(2)16-12-7-15-8-13(17-12)18-14/h3-8,10H,14H2,1-2H3,(H2,16,17,18). The van der Waals surface area contributed by atoms with Crippen molar-refractivity contribution >= 4 is 11.6 Å². The van der Waals surface area contributed by atoms with Crippen LogP contribution in [0.5, 0.6) is 0 Å². The third kappa shape index (κ3) is 2.95. The molecule has 1 unspecified atom stereocenters. The first-order valence-electron chi connectivity index (χ1n) is 5.81. The van der Waals surface area contributed by atoms with Gasteiger partial charge in [0.1, 0.15) is 5.82 Å². The SMILES string of the molecule is Cc1ccc(C(C)Nc2cncc(NN)n2)cc1. The molecule has 0 amide bonds. The normalized spacial score (nSPS) is 11.9. The van der Waals surface area contributed by atoms with Gasteiger partial charge in [-0.3, -0.25) is 4.98 Å². The molecule has 0 fully saturated rings. The Morgan fingerprint density at radius 1 is 1.11 bits per heavy atom. The van der Waals surface area contributed by atoms with Crippen LogP contribution >= 0.6 is 0 Å². The van der Waals surface area contributed by atoms with E-state index in [1.807, 2.05) is 0 Å². The Hall–Kier alpha value is -2.14. The summed E-state index contributed by atoms with van der Waals surface area (Å²) in [5, 5.41) is 3.28. The van der Waals surface area contributed by atoms with Gasteiger partial charge >= 0.3 is 0 Å². The van der Waals surface area contributed by atoms with E-state index in [1.54, 1.807) is 12.4 Å². The van der Waals surface area contributed by atoms with Crippen molar-refractivity contribution in [2.45, 2.75) is 19.9 Å². The minimum absolute atomic E-state index is 0.160. The van der Waals surface area contributed by atoms with Crippen molar-refractivity contribution in [1.29, 1.82) is 0 Å². The molecule has 0 saturated heterocycles. The van der Waals surface area contributed by atoms with Gasteiger partial charge in [0.05, 0.1) is 12.4 Å². The number of anilines is 2. The number of nitrogens with zero attached hydrogens (tertiary/aromatic N) is 2. The highest BCUT2D eigenvalue weighted by molar-refractivity contribution is 5.42. The van der Waals surface area contributed by atoms with Crippen LogP contribution in [0.25, 0.3) is 0 Å². The molecule has 4 N–H and O–H groups in total. The van der Waals surface area contributed by atoms with Crippen LogP contribution in [0.2, 0.25) is 0 Å². The van der Waals surface area contributed by atoms with Crippen LogP contribution in [0.4, 0.5) is 11.6 Å². The van der Waals surface area contributed by atoms with Crippen molar-refractivity contribution in [2.24, 2.45) is 5.84 Å². The molecule has 0 bridgehead atoms. The molecular weight excluding hydrogens is 226 g/mol. The Morgan fingerprint density at radius 3 is 2.44 bits per heavy atom. The van der Waals surface area contributed by atoms with Crippen LogP contribution in [-0.4, -0.2) is 9.97 Å². The second-order valence-corrected chi connectivity index (χ2v) is 4.21. The molecule has 94 valence electrons. The second-order valence-electron chi connectivity index (χ2n) is 4.21. The first-order chi connectivity index (χ1) is 8.69. The molecule has 0 radical (unpaired) electrons. The van der Waals surface area contributed by atoms with E-state index >= 15 is 0 Å². The minimum Gasteiger partial charge on any atom is -0.362 e. The third-order valence-corrected chi connectivity index (χ3v) is 2.72. The maximum absolute atomic E-state index is 5.30. The highest BCUT2D eigenvalue weighted by Crippen LogP contribution is 2.18. The fourth-order valence-electron chi connectivity index (χ4n) is 1.67. The van der Waals surface area contributed by atoms with Crippen LogP contribution in [-0.2, 0) is 0 Å². The number of aryl methyl sites for hydroxylation is 1. The molecule has 0 aliphatic heterocycles. The van der Waals surface area contributed by atoms with E-state index in [1.165, 1.54) is 11.1 Å².